The fourth-order valence-electron chi connectivity index (χ4n) is 1.51. The maximum absolute atomic E-state index is 11.8. The van der Waals surface area contributed by atoms with Gasteiger partial charge in [-0.05, 0) is 19.4 Å². The summed E-state index contributed by atoms with van der Waals surface area (Å²) in [4.78, 5) is 0. The van der Waals surface area contributed by atoms with E-state index in [0.29, 0.717) is 18.1 Å². The van der Waals surface area contributed by atoms with Crippen LogP contribution in [0.15, 0.2) is 5.51 Å². The van der Waals surface area contributed by atoms with Crippen LogP contribution >= 0.6 is 11.3 Å². The molecule has 0 aliphatic carbocycles. The van der Waals surface area contributed by atoms with E-state index >= 15 is 0 Å². The lowest BCUT2D eigenvalue weighted by Gasteiger charge is -2.22. The summed E-state index contributed by atoms with van der Waals surface area (Å²) >= 11 is 1.18. The predicted octanol–water partition coefficient (Wildman–Crippen LogP) is 0.0318. The summed E-state index contributed by atoms with van der Waals surface area (Å²) < 4.78 is 26.1. The largest absolute Gasteiger partial charge is 0.315 e. The maximum atomic E-state index is 11.8. The molecule has 1 aromatic rings. The minimum atomic E-state index is -3.31. The monoisotopic (exact) mass is 248 g/mol. The average molecular weight is 248 g/mol. The standard InChI is InChI=1S/C7H12N4O2S2/c12-15(13,6-2-1-3-8-4-6)11-7-10-9-5-14-7/h5-6,8H,1-4H2,(H,10,11). The molecule has 1 aliphatic rings. The quantitative estimate of drug-likeness (QED) is 0.788. The Bertz CT molecular complexity index is 397. The number of hydrogen-bond donors (Lipinski definition) is 2. The lowest BCUT2D eigenvalue weighted by Crippen LogP contribution is -2.41. The van der Waals surface area contributed by atoms with Gasteiger partial charge in [-0.15, -0.1) is 10.2 Å². The molecule has 0 bridgehead atoms. The summed E-state index contributed by atoms with van der Waals surface area (Å²) in [5, 5.41) is 10.3. The van der Waals surface area contributed by atoms with Gasteiger partial charge in [0.15, 0.2) is 0 Å². The molecule has 1 saturated heterocycles. The summed E-state index contributed by atoms with van der Waals surface area (Å²) in [6.45, 7) is 1.40. The molecular formula is C7H12N4O2S2. The number of nitrogens with zero attached hydrogens (tertiary/aromatic N) is 2. The summed E-state index contributed by atoms with van der Waals surface area (Å²) in [5.41, 5.74) is 1.50. The second-order valence-corrected chi connectivity index (χ2v) is 6.15. The van der Waals surface area contributed by atoms with Crippen LogP contribution in [-0.2, 0) is 10.0 Å². The Kier molecular flexibility index (Phi) is 3.17. The molecule has 0 saturated carbocycles. The van der Waals surface area contributed by atoms with Crippen LogP contribution < -0.4 is 10.0 Å². The molecule has 1 aliphatic heterocycles. The number of nitrogens with one attached hydrogen (secondary N) is 2. The van der Waals surface area contributed by atoms with Crippen LogP contribution in [0.4, 0.5) is 5.13 Å². The van der Waals surface area contributed by atoms with Crippen LogP contribution in [0.25, 0.3) is 0 Å². The molecule has 84 valence electrons. The van der Waals surface area contributed by atoms with E-state index < -0.39 is 10.0 Å². The third kappa shape index (κ3) is 2.64. The fraction of sp³-hybridized carbons (Fsp3) is 0.714. The Morgan fingerprint density at radius 1 is 1.60 bits per heavy atom. The Balaban J connectivity index is 2.05. The van der Waals surface area contributed by atoms with Crippen molar-refractivity contribution in [3.05, 3.63) is 5.51 Å². The summed E-state index contributed by atoms with van der Waals surface area (Å²) in [6.07, 6.45) is 1.59. The van der Waals surface area contributed by atoms with Crippen molar-refractivity contribution in [2.24, 2.45) is 0 Å². The third-order valence-corrected chi connectivity index (χ3v) is 4.77. The zero-order chi connectivity index (χ0) is 10.7. The number of rotatable bonds is 3. The van der Waals surface area contributed by atoms with Gasteiger partial charge >= 0.3 is 0 Å². The van der Waals surface area contributed by atoms with Gasteiger partial charge in [0.25, 0.3) is 0 Å². The molecule has 1 aromatic heterocycles. The SMILES string of the molecule is O=S(=O)(Nc1nncs1)C1CCCNC1. The molecule has 6 nitrogen and oxygen atoms in total. The number of aromatic nitrogens is 2. The molecular weight excluding hydrogens is 236 g/mol. The Hall–Kier alpha value is -0.730. The number of sulfonamides is 1. The fourth-order valence-corrected chi connectivity index (χ4v) is 3.60. The van der Waals surface area contributed by atoms with E-state index in [1.165, 1.54) is 16.8 Å². The molecule has 1 fully saturated rings. The van der Waals surface area contributed by atoms with E-state index in [4.69, 9.17) is 0 Å². The lowest BCUT2D eigenvalue weighted by molar-refractivity contribution is 0.499. The first kappa shape index (κ1) is 10.8. The maximum Gasteiger partial charge on any atom is 0.238 e. The van der Waals surface area contributed by atoms with Crippen molar-refractivity contribution in [2.45, 2.75) is 18.1 Å². The smallest absolute Gasteiger partial charge is 0.238 e. The van der Waals surface area contributed by atoms with E-state index in [1.807, 2.05) is 0 Å². The molecule has 2 rings (SSSR count). The van der Waals surface area contributed by atoms with E-state index in [-0.39, 0.29) is 5.25 Å². The van der Waals surface area contributed by atoms with E-state index in [9.17, 15) is 8.42 Å². The van der Waals surface area contributed by atoms with Crippen LogP contribution in [0.5, 0.6) is 0 Å². The molecule has 0 amide bonds. The minimum absolute atomic E-state index is 0.334. The van der Waals surface area contributed by atoms with Gasteiger partial charge in [-0.25, -0.2) is 8.42 Å². The molecule has 2 heterocycles. The van der Waals surface area contributed by atoms with Crippen molar-refractivity contribution in [3.8, 4) is 0 Å². The zero-order valence-corrected chi connectivity index (χ0v) is 9.64. The van der Waals surface area contributed by atoms with E-state index in [0.717, 1.165) is 13.0 Å². The highest BCUT2D eigenvalue weighted by atomic mass is 32.2. The van der Waals surface area contributed by atoms with Crippen LogP contribution in [0.1, 0.15) is 12.8 Å². The van der Waals surface area contributed by atoms with Crippen LogP contribution in [0.2, 0.25) is 0 Å². The molecule has 1 atom stereocenters. The molecule has 1 unspecified atom stereocenters. The van der Waals surface area contributed by atoms with Crippen molar-refractivity contribution in [3.63, 3.8) is 0 Å². The molecule has 0 radical (unpaired) electrons. The molecule has 8 heteroatoms. The van der Waals surface area contributed by atoms with E-state index in [2.05, 4.69) is 20.2 Å². The summed E-state index contributed by atoms with van der Waals surface area (Å²) in [5.74, 6) is 0. The first-order chi connectivity index (χ1) is 7.18. The van der Waals surface area contributed by atoms with Gasteiger partial charge in [-0.1, -0.05) is 11.3 Å². The van der Waals surface area contributed by atoms with Gasteiger partial charge in [0.05, 0.1) is 5.25 Å². The zero-order valence-electron chi connectivity index (χ0n) is 8.01. The predicted molar refractivity (Wildman–Crippen MR) is 58.3 cm³/mol. The van der Waals surface area contributed by atoms with Crippen molar-refractivity contribution in [1.82, 2.24) is 15.5 Å². The molecule has 0 aromatic carbocycles. The van der Waals surface area contributed by atoms with Crippen molar-refractivity contribution in [2.75, 3.05) is 17.8 Å². The second-order valence-electron chi connectivity index (χ2n) is 3.36. The van der Waals surface area contributed by atoms with Gasteiger partial charge in [0.2, 0.25) is 15.2 Å². The highest BCUT2D eigenvalue weighted by Crippen LogP contribution is 2.17. The molecule has 15 heavy (non-hydrogen) atoms. The molecule has 2 N–H and O–H groups in total. The van der Waals surface area contributed by atoms with Gasteiger partial charge in [0, 0.05) is 6.54 Å². The number of hydrogen-bond acceptors (Lipinski definition) is 6. The topological polar surface area (TPSA) is 84.0 Å². The Morgan fingerprint density at radius 3 is 3.07 bits per heavy atom. The highest BCUT2D eigenvalue weighted by Gasteiger charge is 2.27. The van der Waals surface area contributed by atoms with Gasteiger partial charge < -0.3 is 5.32 Å². The lowest BCUT2D eigenvalue weighted by atomic mass is 10.2. The first-order valence-corrected chi connectivity index (χ1v) is 7.09. The van der Waals surface area contributed by atoms with Crippen LogP contribution in [0, 0.1) is 0 Å². The van der Waals surface area contributed by atoms with Gasteiger partial charge in [-0.2, -0.15) is 0 Å². The average Bonchev–Trinajstić information content (AvgIpc) is 2.71. The molecule has 0 spiro atoms. The van der Waals surface area contributed by atoms with Gasteiger partial charge in [0.1, 0.15) is 5.51 Å². The van der Waals surface area contributed by atoms with Crippen molar-refractivity contribution in [1.29, 1.82) is 0 Å². The van der Waals surface area contributed by atoms with Crippen LogP contribution in [0.3, 0.4) is 0 Å². The normalized spacial score (nSPS) is 22.5. The second kappa shape index (κ2) is 4.42. The first-order valence-electron chi connectivity index (χ1n) is 4.67. The Labute approximate surface area is 92.2 Å². The minimum Gasteiger partial charge on any atom is -0.315 e. The number of anilines is 1. The number of piperidine rings is 1. The third-order valence-electron chi connectivity index (χ3n) is 2.28. The van der Waals surface area contributed by atoms with E-state index in [1.54, 1.807) is 0 Å². The summed E-state index contributed by atoms with van der Waals surface area (Å²) in [7, 11) is -3.31. The highest BCUT2D eigenvalue weighted by molar-refractivity contribution is 7.93. The Morgan fingerprint density at radius 2 is 2.47 bits per heavy atom. The summed E-state index contributed by atoms with van der Waals surface area (Å²) in [6, 6.07) is 0. The van der Waals surface area contributed by atoms with Gasteiger partial charge in [-0.3, -0.25) is 4.72 Å². The van der Waals surface area contributed by atoms with Crippen molar-refractivity contribution < 1.29 is 8.42 Å². The van der Waals surface area contributed by atoms with Crippen molar-refractivity contribution >= 4 is 26.5 Å². The van der Waals surface area contributed by atoms with Crippen LogP contribution in [-0.4, -0.2) is 37.0 Å².